The van der Waals surface area contributed by atoms with Crippen LogP contribution < -0.4 is 4.74 Å². The second-order valence-corrected chi connectivity index (χ2v) is 5.22. The summed E-state index contributed by atoms with van der Waals surface area (Å²) in [5.74, 6) is 0.830. The summed E-state index contributed by atoms with van der Waals surface area (Å²) in [4.78, 5) is 0. The molecule has 1 aromatic rings. The first kappa shape index (κ1) is 14.4. The lowest BCUT2D eigenvalue weighted by Crippen LogP contribution is -2.19. The van der Waals surface area contributed by atoms with Crippen molar-refractivity contribution in [3.63, 3.8) is 0 Å². The lowest BCUT2D eigenvalue weighted by atomic mass is 9.98. The van der Waals surface area contributed by atoms with Gasteiger partial charge in [0, 0.05) is 0 Å². The minimum absolute atomic E-state index is 0.427. The molecule has 2 rings (SSSR count). The van der Waals surface area contributed by atoms with Crippen LogP contribution in [0.1, 0.15) is 50.7 Å². The van der Waals surface area contributed by atoms with Crippen LogP contribution in [0.3, 0.4) is 0 Å². The fourth-order valence-corrected chi connectivity index (χ4v) is 2.45. The average molecular weight is 264 g/mol. The van der Waals surface area contributed by atoms with E-state index in [-0.39, 0.29) is 0 Å². The van der Waals surface area contributed by atoms with Gasteiger partial charge in [-0.05, 0) is 37.5 Å². The summed E-state index contributed by atoms with van der Waals surface area (Å²) in [7, 11) is 0. The SMILES string of the molecule is CC(O)c1ccc(OCCOC2CCCCC2)cc1. The average Bonchev–Trinajstić information content (AvgIpc) is 2.45. The molecule has 1 saturated carbocycles. The lowest BCUT2D eigenvalue weighted by molar-refractivity contribution is 0.0129. The van der Waals surface area contributed by atoms with Gasteiger partial charge in [-0.25, -0.2) is 0 Å². The number of rotatable bonds is 6. The number of hydrogen-bond donors (Lipinski definition) is 1. The van der Waals surface area contributed by atoms with Crippen molar-refractivity contribution >= 4 is 0 Å². The smallest absolute Gasteiger partial charge is 0.119 e. The van der Waals surface area contributed by atoms with Crippen LogP contribution in [0.5, 0.6) is 5.75 Å². The highest BCUT2D eigenvalue weighted by atomic mass is 16.5. The topological polar surface area (TPSA) is 38.7 Å². The molecule has 1 aromatic carbocycles. The van der Waals surface area contributed by atoms with Crippen molar-refractivity contribution in [3.8, 4) is 5.75 Å². The van der Waals surface area contributed by atoms with Crippen LogP contribution in [-0.2, 0) is 4.74 Å². The van der Waals surface area contributed by atoms with E-state index in [0.717, 1.165) is 11.3 Å². The largest absolute Gasteiger partial charge is 0.491 e. The van der Waals surface area contributed by atoms with Gasteiger partial charge < -0.3 is 14.6 Å². The quantitative estimate of drug-likeness (QED) is 0.800. The minimum atomic E-state index is -0.427. The molecule has 3 heteroatoms. The van der Waals surface area contributed by atoms with Crippen LogP contribution in [0.2, 0.25) is 0 Å². The van der Waals surface area contributed by atoms with E-state index in [1.54, 1.807) is 6.92 Å². The van der Waals surface area contributed by atoms with Crippen molar-refractivity contribution < 1.29 is 14.6 Å². The van der Waals surface area contributed by atoms with E-state index in [4.69, 9.17) is 9.47 Å². The highest BCUT2D eigenvalue weighted by Crippen LogP contribution is 2.20. The van der Waals surface area contributed by atoms with Crippen LogP contribution in [0, 0.1) is 0 Å². The highest BCUT2D eigenvalue weighted by molar-refractivity contribution is 5.28. The number of aliphatic hydroxyl groups excluding tert-OH is 1. The molecule has 0 saturated heterocycles. The molecule has 0 aromatic heterocycles. The summed E-state index contributed by atoms with van der Waals surface area (Å²) in [6.07, 6.45) is 6.36. The van der Waals surface area contributed by atoms with Crippen LogP contribution in [0.4, 0.5) is 0 Å². The van der Waals surface area contributed by atoms with Gasteiger partial charge in [0.25, 0.3) is 0 Å². The first-order valence-corrected chi connectivity index (χ1v) is 7.28. The van der Waals surface area contributed by atoms with E-state index in [0.29, 0.717) is 19.3 Å². The maximum Gasteiger partial charge on any atom is 0.119 e. The zero-order chi connectivity index (χ0) is 13.5. The molecule has 1 unspecified atom stereocenters. The first-order chi connectivity index (χ1) is 9.25. The van der Waals surface area contributed by atoms with E-state index in [1.165, 1.54) is 32.1 Å². The Morgan fingerprint density at radius 1 is 1.11 bits per heavy atom. The molecular formula is C16H24O3. The minimum Gasteiger partial charge on any atom is -0.491 e. The van der Waals surface area contributed by atoms with Gasteiger partial charge in [0.15, 0.2) is 0 Å². The third-order valence-electron chi connectivity index (χ3n) is 3.62. The second kappa shape index (κ2) is 7.51. The van der Waals surface area contributed by atoms with Gasteiger partial charge in [0.1, 0.15) is 12.4 Å². The maximum absolute atomic E-state index is 9.41. The summed E-state index contributed by atoms with van der Waals surface area (Å²) in [6.45, 7) is 3.00. The Kier molecular flexibility index (Phi) is 5.67. The van der Waals surface area contributed by atoms with Crippen molar-refractivity contribution in [1.29, 1.82) is 0 Å². The normalized spacial score (nSPS) is 18.2. The lowest BCUT2D eigenvalue weighted by Gasteiger charge is -2.21. The number of ether oxygens (including phenoxy) is 2. The summed E-state index contributed by atoms with van der Waals surface area (Å²) >= 11 is 0. The van der Waals surface area contributed by atoms with Gasteiger partial charge in [0.05, 0.1) is 18.8 Å². The Morgan fingerprint density at radius 3 is 2.42 bits per heavy atom. The molecule has 106 valence electrons. The number of benzene rings is 1. The van der Waals surface area contributed by atoms with Crippen molar-refractivity contribution in [2.75, 3.05) is 13.2 Å². The van der Waals surface area contributed by atoms with Gasteiger partial charge in [-0.2, -0.15) is 0 Å². The van der Waals surface area contributed by atoms with Crippen molar-refractivity contribution in [1.82, 2.24) is 0 Å². The second-order valence-electron chi connectivity index (χ2n) is 5.22. The predicted octanol–water partition coefficient (Wildman–Crippen LogP) is 3.47. The predicted molar refractivity (Wildman–Crippen MR) is 75.4 cm³/mol. The third kappa shape index (κ3) is 4.84. The third-order valence-corrected chi connectivity index (χ3v) is 3.62. The van der Waals surface area contributed by atoms with Crippen LogP contribution in [0.15, 0.2) is 24.3 Å². The molecule has 0 amide bonds. The first-order valence-electron chi connectivity index (χ1n) is 7.28. The summed E-state index contributed by atoms with van der Waals surface area (Å²) < 4.78 is 11.4. The molecule has 1 aliphatic carbocycles. The maximum atomic E-state index is 9.41. The van der Waals surface area contributed by atoms with Gasteiger partial charge in [0.2, 0.25) is 0 Å². The molecule has 3 nitrogen and oxygen atoms in total. The Bertz CT molecular complexity index is 353. The zero-order valence-electron chi connectivity index (χ0n) is 11.7. The molecule has 0 aliphatic heterocycles. The van der Waals surface area contributed by atoms with Crippen molar-refractivity contribution in [2.24, 2.45) is 0 Å². The Labute approximate surface area is 115 Å². The van der Waals surface area contributed by atoms with Crippen LogP contribution >= 0.6 is 0 Å². The Hall–Kier alpha value is -1.06. The Balaban J connectivity index is 1.64. The molecule has 1 N–H and O–H groups in total. The molecule has 19 heavy (non-hydrogen) atoms. The van der Waals surface area contributed by atoms with Crippen LogP contribution in [-0.4, -0.2) is 24.4 Å². The van der Waals surface area contributed by atoms with E-state index in [2.05, 4.69) is 0 Å². The summed E-state index contributed by atoms with van der Waals surface area (Å²) in [6, 6.07) is 7.56. The van der Waals surface area contributed by atoms with E-state index >= 15 is 0 Å². The monoisotopic (exact) mass is 264 g/mol. The van der Waals surface area contributed by atoms with Crippen molar-refractivity contribution in [2.45, 2.75) is 51.2 Å². The molecule has 0 radical (unpaired) electrons. The fraction of sp³-hybridized carbons (Fsp3) is 0.625. The van der Waals surface area contributed by atoms with E-state index < -0.39 is 6.10 Å². The summed E-state index contributed by atoms with van der Waals surface area (Å²) in [5.41, 5.74) is 0.908. The Morgan fingerprint density at radius 2 is 1.79 bits per heavy atom. The number of aliphatic hydroxyl groups is 1. The zero-order valence-corrected chi connectivity index (χ0v) is 11.7. The van der Waals surface area contributed by atoms with Gasteiger partial charge >= 0.3 is 0 Å². The van der Waals surface area contributed by atoms with Gasteiger partial charge in [-0.3, -0.25) is 0 Å². The highest BCUT2D eigenvalue weighted by Gasteiger charge is 2.13. The number of hydrogen-bond acceptors (Lipinski definition) is 3. The molecule has 0 bridgehead atoms. The van der Waals surface area contributed by atoms with E-state index in [9.17, 15) is 5.11 Å². The van der Waals surface area contributed by atoms with Crippen LogP contribution in [0.25, 0.3) is 0 Å². The van der Waals surface area contributed by atoms with Gasteiger partial charge in [-0.15, -0.1) is 0 Å². The fourth-order valence-electron chi connectivity index (χ4n) is 2.45. The van der Waals surface area contributed by atoms with E-state index in [1.807, 2.05) is 24.3 Å². The standard InChI is InChI=1S/C16H24O3/c1-13(17)14-7-9-16(10-8-14)19-12-11-18-15-5-3-2-4-6-15/h7-10,13,15,17H,2-6,11-12H2,1H3. The molecule has 1 fully saturated rings. The summed E-state index contributed by atoms with van der Waals surface area (Å²) in [5, 5.41) is 9.41. The molecule has 0 spiro atoms. The molecule has 1 atom stereocenters. The van der Waals surface area contributed by atoms with Gasteiger partial charge in [-0.1, -0.05) is 31.4 Å². The van der Waals surface area contributed by atoms with Crippen molar-refractivity contribution in [3.05, 3.63) is 29.8 Å². The molecule has 0 heterocycles. The molecular weight excluding hydrogens is 240 g/mol. The molecule has 1 aliphatic rings.